The fraction of sp³-hybridized carbons (Fsp3) is 0.0196. The number of fused-ring (bicyclic) bond motifs is 12. The van der Waals surface area contributed by atoms with Crippen LogP contribution in [0.15, 0.2) is 182 Å². The Kier molecular flexibility index (Phi) is 6.56. The van der Waals surface area contributed by atoms with E-state index in [1.54, 1.807) is 6.07 Å². The van der Waals surface area contributed by atoms with E-state index in [2.05, 4.69) is 183 Å². The van der Waals surface area contributed by atoms with Gasteiger partial charge in [-0.25, -0.2) is 4.85 Å². The van der Waals surface area contributed by atoms with Gasteiger partial charge in [-0.1, -0.05) is 140 Å². The summed E-state index contributed by atoms with van der Waals surface area (Å²) in [6.45, 7) is 16.1. The van der Waals surface area contributed by atoms with E-state index in [0.29, 0.717) is 11.4 Å². The van der Waals surface area contributed by atoms with Gasteiger partial charge in [0.05, 0.1) is 41.0 Å². The molecule has 0 bridgehead atoms. The third-order valence-electron chi connectivity index (χ3n) is 11.6. The molecule has 8 aromatic carbocycles. The second kappa shape index (κ2) is 11.7. The van der Waals surface area contributed by atoms with E-state index in [-0.39, 0.29) is 0 Å². The Bertz CT molecular complexity index is 3000. The van der Waals surface area contributed by atoms with Crippen molar-refractivity contribution in [3.8, 4) is 27.9 Å². The Morgan fingerprint density at radius 3 is 1.49 bits per heavy atom. The van der Waals surface area contributed by atoms with Crippen molar-refractivity contribution in [2.24, 2.45) is 0 Å². The van der Waals surface area contributed by atoms with E-state index >= 15 is 0 Å². The number of rotatable bonds is 3. The first-order valence-electron chi connectivity index (χ1n) is 18.4. The molecular weight excluding hydrogens is 669 g/mol. The van der Waals surface area contributed by atoms with E-state index < -0.39 is 5.41 Å². The molecule has 1 aromatic heterocycles. The van der Waals surface area contributed by atoms with Gasteiger partial charge >= 0.3 is 0 Å². The molecular formula is C51H30N4. The van der Waals surface area contributed by atoms with Crippen molar-refractivity contribution in [1.29, 1.82) is 0 Å². The van der Waals surface area contributed by atoms with Crippen LogP contribution in [0.3, 0.4) is 0 Å². The zero-order chi connectivity index (χ0) is 36.7. The Morgan fingerprint density at radius 2 is 0.909 bits per heavy atom. The lowest BCUT2D eigenvalue weighted by atomic mass is 9.64. The molecule has 0 saturated heterocycles. The highest BCUT2D eigenvalue weighted by Gasteiger charge is 2.51. The average Bonchev–Trinajstić information content (AvgIpc) is 3.74. The molecule has 0 unspecified atom stereocenters. The lowest BCUT2D eigenvalue weighted by Crippen LogP contribution is -2.36. The van der Waals surface area contributed by atoms with Gasteiger partial charge in [-0.2, -0.15) is 0 Å². The largest absolute Gasteiger partial charge is 0.310 e. The van der Waals surface area contributed by atoms with E-state index in [1.165, 1.54) is 44.2 Å². The van der Waals surface area contributed by atoms with Gasteiger partial charge in [-0.05, 0) is 87.0 Å². The number of hydrogen-bond acceptors (Lipinski definition) is 1. The van der Waals surface area contributed by atoms with Crippen LogP contribution >= 0.6 is 0 Å². The van der Waals surface area contributed by atoms with Crippen LogP contribution < -0.4 is 4.90 Å². The van der Waals surface area contributed by atoms with Crippen LogP contribution in [0.4, 0.5) is 28.4 Å². The maximum Gasteiger partial charge on any atom is 0.202 e. The normalized spacial score (nSPS) is 13.2. The molecule has 2 aliphatic rings. The molecule has 0 fully saturated rings. The molecule has 0 radical (unpaired) electrons. The van der Waals surface area contributed by atoms with Gasteiger partial charge < -0.3 is 9.47 Å². The van der Waals surface area contributed by atoms with Gasteiger partial charge in [-0.15, -0.1) is 0 Å². The summed E-state index contributed by atoms with van der Waals surface area (Å²) < 4.78 is 2.33. The Morgan fingerprint density at radius 1 is 0.418 bits per heavy atom. The Balaban J connectivity index is 1.25. The third-order valence-corrected chi connectivity index (χ3v) is 11.6. The molecule has 4 heteroatoms. The summed E-state index contributed by atoms with van der Waals surface area (Å²) in [5.41, 5.74) is 15.7. The van der Waals surface area contributed by atoms with E-state index in [1.807, 2.05) is 12.1 Å². The quantitative estimate of drug-likeness (QED) is 0.168. The lowest BCUT2D eigenvalue weighted by molar-refractivity contribution is 0.752. The minimum atomic E-state index is -0.522. The number of para-hydroxylation sites is 5. The second-order valence-electron chi connectivity index (χ2n) is 14.2. The van der Waals surface area contributed by atoms with Crippen molar-refractivity contribution in [2.75, 3.05) is 4.90 Å². The summed E-state index contributed by atoms with van der Waals surface area (Å²) in [5, 5.41) is 2.35. The first kappa shape index (κ1) is 30.9. The second-order valence-corrected chi connectivity index (χ2v) is 14.2. The smallest absolute Gasteiger partial charge is 0.202 e. The molecule has 0 N–H and O–H groups in total. The van der Waals surface area contributed by atoms with Crippen LogP contribution in [-0.4, -0.2) is 4.57 Å². The zero-order valence-electron chi connectivity index (χ0n) is 29.6. The van der Waals surface area contributed by atoms with Gasteiger partial charge in [0.2, 0.25) is 5.69 Å². The van der Waals surface area contributed by atoms with Crippen LogP contribution in [-0.2, 0) is 5.41 Å². The monoisotopic (exact) mass is 698 g/mol. The highest BCUT2D eigenvalue weighted by atomic mass is 15.2. The molecule has 0 saturated carbocycles. The first-order valence-corrected chi connectivity index (χ1v) is 18.4. The van der Waals surface area contributed by atoms with E-state index in [0.717, 1.165) is 44.9 Å². The highest BCUT2D eigenvalue weighted by Crippen LogP contribution is 2.63. The number of aromatic nitrogens is 1. The topological polar surface area (TPSA) is 16.9 Å². The van der Waals surface area contributed by atoms with Crippen LogP contribution in [0.1, 0.15) is 22.3 Å². The molecule has 2 heterocycles. The summed E-state index contributed by atoms with van der Waals surface area (Å²) in [7, 11) is 0. The van der Waals surface area contributed by atoms with E-state index in [9.17, 15) is 0 Å². The van der Waals surface area contributed by atoms with Crippen LogP contribution in [0.25, 0.3) is 59.4 Å². The standard InChI is InChI=1S/C51H30N4/c1-52-45-25-15-20-36(50(45)53-2)33-30-34(54-46-26-11-5-18-39(46)40-19-6-12-27-47(40)54)32-35(31-33)55-48-28-13-9-23-43(48)51(44-24-10-14-29-49(44)55)41-21-7-3-16-37(41)38-17-4-8-22-42(38)51/h3-32H. The fourth-order valence-corrected chi connectivity index (χ4v) is 9.52. The van der Waals surface area contributed by atoms with Crippen molar-refractivity contribution in [3.63, 3.8) is 0 Å². The molecule has 1 aliphatic carbocycles. The summed E-state index contributed by atoms with van der Waals surface area (Å²) in [4.78, 5) is 10.1. The maximum atomic E-state index is 8.21. The number of anilines is 3. The van der Waals surface area contributed by atoms with Gasteiger partial charge in [0.25, 0.3) is 0 Å². The molecule has 55 heavy (non-hydrogen) atoms. The number of nitrogens with zero attached hydrogens (tertiary/aromatic N) is 4. The molecule has 0 atom stereocenters. The number of hydrogen-bond donors (Lipinski definition) is 0. The molecule has 0 amide bonds. The van der Waals surface area contributed by atoms with Crippen molar-refractivity contribution in [2.45, 2.75) is 5.41 Å². The fourth-order valence-electron chi connectivity index (χ4n) is 9.52. The first-order chi connectivity index (χ1) is 27.2. The van der Waals surface area contributed by atoms with Gasteiger partial charge in [-0.3, -0.25) is 4.85 Å². The minimum absolute atomic E-state index is 0.352. The van der Waals surface area contributed by atoms with Crippen LogP contribution in [0.5, 0.6) is 0 Å². The Labute approximate surface area is 319 Å². The van der Waals surface area contributed by atoms with Gasteiger partial charge in [0, 0.05) is 22.1 Å². The summed E-state index contributed by atoms with van der Waals surface area (Å²) >= 11 is 0. The van der Waals surface area contributed by atoms with Crippen molar-refractivity contribution < 1.29 is 0 Å². The van der Waals surface area contributed by atoms with E-state index in [4.69, 9.17) is 13.1 Å². The molecule has 1 aliphatic heterocycles. The van der Waals surface area contributed by atoms with Crippen molar-refractivity contribution >= 4 is 50.2 Å². The minimum Gasteiger partial charge on any atom is -0.310 e. The highest BCUT2D eigenvalue weighted by molar-refractivity contribution is 6.09. The predicted octanol–water partition coefficient (Wildman–Crippen LogP) is 13.7. The van der Waals surface area contributed by atoms with Crippen LogP contribution in [0.2, 0.25) is 0 Å². The number of benzene rings is 8. The third kappa shape index (κ3) is 4.14. The Hall–Kier alpha value is -7.66. The average molecular weight is 699 g/mol. The zero-order valence-corrected chi connectivity index (χ0v) is 29.6. The molecule has 11 rings (SSSR count). The predicted molar refractivity (Wildman–Crippen MR) is 224 cm³/mol. The molecule has 1 spiro atoms. The van der Waals surface area contributed by atoms with Gasteiger partial charge in [0.1, 0.15) is 0 Å². The van der Waals surface area contributed by atoms with Crippen molar-refractivity contribution in [3.05, 3.63) is 227 Å². The lowest BCUT2D eigenvalue weighted by Gasteiger charge is -2.45. The molecule has 254 valence electrons. The molecule has 4 nitrogen and oxygen atoms in total. The summed E-state index contributed by atoms with van der Waals surface area (Å²) in [5.74, 6) is 0. The summed E-state index contributed by atoms with van der Waals surface area (Å²) in [6, 6.07) is 64.7. The molecule has 9 aromatic rings. The SMILES string of the molecule is [C-]#[N+]c1cccc(-c2cc(N3c4ccccc4C4(c5ccccc5-c5ccccc54)c4ccccc43)cc(-n3c4ccccc4c4ccccc43)c2)c1[N+]#[C-]. The van der Waals surface area contributed by atoms with Crippen LogP contribution in [0, 0.1) is 13.1 Å². The van der Waals surface area contributed by atoms with Crippen molar-refractivity contribution in [1.82, 2.24) is 4.57 Å². The van der Waals surface area contributed by atoms with Gasteiger partial charge in [0.15, 0.2) is 5.69 Å². The maximum absolute atomic E-state index is 8.21. The summed E-state index contributed by atoms with van der Waals surface area (Å²) in [6.07, 6.45) is 0.